The average Bonchev–Trinajstić information content (AvgIpc) is 3.38. The van der Waals surface area contributed by atoms with Crippen LogP contribution in [0.25, 0.3) is 5.69 Å². The molecule has 1 saturated carbocycles. The third-order valence-electron chi connectivity index (χ3n) is 6.72. The average molecular weight is 497 g/mol. The van der Waals surface area contributed by atoms with Gasteiger partial charge in [-0.15, -0.1) is 0 Å². The zero-order valence-electron chi connectivity index (χ0n) is 19.3. The Morgan fingerprint density at radius 3 is 2.40 bits per heavy atom. The SMILES string of the molecule is O=C(CCC1(CNS(=O)(=O)c2ccc([N+](=O)[O-])cc2)CCCCC1)c1nccn1-c1ccccc1. The number of rotatable bonds is 10. The number of carbonyl (C=O) groups excluding carboxylic acids is 1. The Morgan fingerprint density at radius 1 is 1.06 bits per heavy atom. The molecule has 1 aliphatic rings. The third kappa shape index (κ3) is 5.83. The molecule has 0 amide bonds. The van der Waals surface area contributed by atoms with E-state index in [0.717, 1.165) is 37.8 Å². The Balaban J connectivity index is 1.45. The Bertz CT molecular complexity index is 1280. The number of para-hydroxylation sites is 1. The van der Waals surface area contributed by atoms with Crippen molar-refractivity contribution in [2.45, 2.75) is 49.8 Å². The van der Waals surface area contributed by atoms with Gasteiger partial charge >= 0.3 is 0 Å². The fraction of sp³-hybridized carbons (Fsp3) is 0.360. The molecule has 10 heteroatoms. The maximum Gasteiger partial charge on any atom is 0.269 e. The molecule has 1 N–H and O–H groups in total. The number of carbonyl (C=O) groups is 1. The minimum Gasteiger partial charge on any atom is -0.297 e. The summed E-state index contributed by atoms with van der Waals surface area (Å²) in [6, 6.07) is 14.4. The van der Waals surface area contributed by atoms with Gasteiger partial charge in [-0.3, -0.25) is 19.5 Å². The Hall–Kier alpha value is -3.37. The number of non-ortho nitro benzene ring substituents is 1. The van der Waals surface area contributed by atoms with Crippen LogP contribution in [0.2, 0.25) is 0 Å². The number of nitro benzene ring substituents is 1. The van der Waals surface area contributed by atoms with E-state index >= 15 is 0 Å². The summed E-state index contributed by atoms with van der Waals surface area (Å²) < 4.78 is 30.2. The lowest BCUT2D eigenvalue weighted by Crippen LogP contribution is -2.39. The maximum absolute atomic E-state index is 13.1. The summed E-state index contributed by atoms with van der Waals surface area (Å²) in [5, 5.41) is 10.9. The third-order valence-corrected chi connectivity index (χ3v) is 8.13. The molecule has 0 saturated heterocycles. The zero-order valence-corrected chi connectivity index (χ0v) is 20.1. The summed E-state index contributed by atoms with van der Waals surface area (Å²) in [6.45, 7) is 0.215. The number of aromatic nitrogens is 2. The lowest BCUT2D eigenvalue weighted by molar-refractivity contribution is -0.384. The van der Waals surface area contributed by atoms with Gasteiger partial charge in [0.15, 0.2) is 11.6 Å². The fourth-order valence-electron chi connectivity index (χ4n) is 4.69. The lowest BCUT2D eigenvalue weighted by atomic mass is 9.71. The van der Waals surface area contributed by atoms with Gasteiger partial charge in [0.25, 0.3) is 5.69 Å². The number of imidazole rings is 1. The summed E-state index contributed by atoms with van der Waals surface area (Å²) in [6.07, 6.45) is 8.89. The highest BCUT2D eigenvalue weighted by Gasteiger charge is 2.34. The van der Waals surface area contributed by atoms with Gasteiger partial charge in [-0.25, -0.2) is 18.1 Å². The molecule has 0 bridgehead atoms. The number of nitro groups is 1. The van der Waals surface area contributed by atoms with Crippen molar-refractivity contribution in [1.29, 1.82) is 0 Å². The topological polar surface area (TPSA) is 124 Å². The lowest BCUT2D eigenvalue weighted by Gasteiger charge is -2.37. The van der Waals surface area contributed by atoms with Gasteiger partial charge in [-0.05, 0) is 48.9 Å². The molecule has 0 unspecified atom stereocenters. The van der Waals surface area contributed by atoms with Crippen LogP contribution in [0.3, 0.4) is 0 Å². The molecular weight excluding hydrogens is 468 g/mol. The van der Waals surface area contributed by atoms with Crippen LogP contribution in [-0.2, 0) is 10.0 Å². The summed E-state index contributed by atoms with van der Waals surface area (Å²) in [5.74, 6) is 0.288. The second-order valence-electron chi connectivity index (χ2n) is 9.02. The van der Waals surface area contributed by atoms with Crippen molar-refractivity contribution in [3.63, 3.8) is 0 Å². The molecule has 3 aromatic rings. The molecule has 1 aromatic heterocycles. The van der Waals surface area contributed by atoms with E-state index in [0.29, 0.717) is 12.2 Å². The van der Waals surface area contributed by atoms with E-state index in [-0.39, 0.29) is 34.7 Å². The number of hydrogen-bond donors (Lipinski definition) is 1. The summed E-state index contributed by atoms with van der Waals surface area (Å²) in [5.41, 5.74) is 0.364. The second kappa shape index (κ2) is 10.5. The van der Waals surface area contributed by atoms with Crippen molar-refractivity contribution in [1.82, 2.24) is 14.3 Å². The van der Waals surface area contributed by atoms with E-state index < -0.39 is 14.9 Å². The van der Waals surface area contributed by atoms with Crippen molar-refractivity contribution in [3.8, 4) is 5.69 Å². The van der Waals surface area contributed by atoms with Crippen molar-refractivity contribution in [2.75, 3.05) is 6.54 Å². The Kier molecular flexibility index (Phi) is 7.42. The van der Waals surface area contributed by atoms with Crippen LogP contribution in [0.15, 0.2) is 71.9 Å². The fourth-order valence-corrected chi connectivity index (χ4v) is 5.85. The number of benzene rings is 2. The van der Waals surface area contributed by atoms with Crippen LogP contribution in [0, 0.1) is 15.5 Å². The van der Waals surface area contributed by atoms with E-state index in [4.69, 9.17) is 0 Å². The van der Waals surface area contributed by atoms with Gasteiger partial charge < -0.3 is 0 Å². The number of nitrogens with one attached hydrogen (secondary N) is 1. The second-order valence-corrected chi connectivity index (χ2v) is 10.8. The predicted octanol–water partition coefficient (Wildman–Crippen LogP) is 4.67. The van der Waals surface area contributed by atoms with Gasteiger partial charge in [0.05, 0.1) is 9.82 Å². The van der Waals surface area contributed by atoms with Crippen molar-refractivity contribution >= 4 is 21.5 Å². The monoisotopic (exact) mass is 496 g/mol. The molecule has 1 aliphatic carbocycles. The first-order valence-corrected chi connectivity index (χ1v) is 13.1. The largest absolute Gasteiger partial charge is 0.297 e. The van der Waals surface area contributed by atoms with Gasteiger partial charge in [0, 0.05) is 43.2 Å². The highest BCUT2D eigenvalue weighted by Crippen LogP contribution is 2.40. The highest BCUT2D eigenvalue weighted by molar-refractivity contribution is 7.89. The molecule has 4 rings (SSSR count). The minimum atomic E-state index is -3.84. The first-order valence-electron chi connectivity index (χ1n) is 11.7. The number of hydrogen-bond acceptors (Lipinski definition) is 6. The molecule has 0 atom stereocenters. The van der Waals surface area contributed by atoms with Crippen LogP contribution in [0.5, 0.6) is 0 Å². The number of sulfonamides is 1. The summed E-state index contributed by atoms with van der Waals surface area (Å²) >= 11 is 0. The van der Waals surface area contributed by atoms with Crippen molar-refractivity contribution < 1.29 is 18.1 Å². The molecular formula is C25H28N4O5S. The number of ketones is 1. The smallest absolute Gasteiger partial charge is 0.269 e. The molecule has 184 valence electrons. The predicted molar refractivity (Wildman–Crippen MR) is 131 cm³/mol. The Labute approximate surface area is 204 Å². The van der Waals surface area contributed by atoms with Crippen LogP contribution in [-0.4, -0.2) is 35.2 Å². The molecule has 1 heterocycles. The van der Waals surface area contributed by atoms with Crippen LogP contribution in [0.4, 0.5) is 5.69 Å². The molecule has 0 aliphatic heterocycles. The summed E-state index contributed by atoms with van der Waals surface area (Å²) in [4.78, 5) is 27.7. The van der Waals surface area contributed by atoms with Crippen LogP contribution in [0.1, 0.15) is 55.6 Å². The standard InChI is InChI=1S/C25H28N4O5S/c30-23(24-26-17-18-28(24)20-7-3-1-4-8-20)13-16-25(14-5-2-6-15-25)19-27-35(33,34)22-11-9-21(10-12-22)29(31)32/h1,3-4,7-12,17-18,27H,2,5-6,13-16,19H2. The molecule has 0 spiro atoms. The summed E-state index contributed by atoms with van der Waals surface area (Å²) in [7, 11) is -3.84. The van der Waals surface area contributed by atoms with Gasteiger partial charge in [0.1, 0.15) is 0 Å². The molecule has 2 aromatic carbocycles. The van der Waals surface area contributed by atoms with Crippen molar-refractivity contribution in [3.05, 3.63) is 82.9 Å². The van der Waals surface area contributed by atoms with E-state index in [9.17, 15) is 23.3 Å². The zero-order chi connectivity index (χ0) is 24.9. The quantitative estimate of drug-likeness (QED) is 0.247. The van der Waals surface area contributed by atoms with Gasteiger partial charge in [0.2, 0.25) is 10.0 Å². The first kappa shape index (κ1) is 24.7. The maximum atomic E-state index is 13.1. The van der Waals surface area contributed by atoms with Crippen LogP contribution < -0.4 is 4.72 Å². The van der Waals surface area contributed by atoms with Gasteiger partial charge in [-0.2, -0.15) is 0 Å². The van der Waals surface area contributed by atoms with E-state index in [1.54, 1.807) is 17.0 Å². The Morgan fingerprint density at radius 2 is 1.74 bits per heavy atom. The number of Topliss-reactive ketones (excluding diaryl/α,β-unsaturated/α-hetero) is 1. The van der Waals surface area contributed by atoms with Crippen LogP contribution >= 0.6 is 0 Å². The molecule has 9 nitrogen and oxygen atoms in total. The van der Waals surface area contributed by atoms with Gasteiger partial charge in [-0.1, -0.05) is 37.5 Å². The first-order chi connectivity index (χ1) is 16.8. The highest BCUT2D eigenvalue weighted by atomic mass is 32.2. The number of nitrogens with zero attached hydrogens (tertiary/aromatic N) is 3. The van der Waals surface area contributed by atoms with E-state index in [2.05, 4.69) is 9.71 Å². The van der Waals surface area contributed by atoms with Crippen molar-refractivity contribution in [2.24, 2.45) is 5.41 Å². The normalized spacial score (nSPS) is 15.5. The molecule has 0 radical (unpaired) electrons. The van der Waals surface area contributed by atoms with E-state index in [1.807, 2.05) is 30.3 Å². The molecule has 35 heavy (non-hydrogen) atoms. The van der Waals surface area contributed by atoms with E-state index in [1.165, 1.54) is 24.3 Å². The minimum absolute atomic E-state index is 0.0185. The molecule has 1 fully saturated rings.